The average molecular weight is 845 g/mol. The highest BCUT2D eigenvalue weighted by molar-refractivity contribution is 5.55. The van der Waals surface area contributed by atoms with Crippen molar-refractivity contribution in [1.82, 2.24) is 0 Å². The highest BCUT2D eigenvalue weighted by Crippen LogP contribution is 2.47. The van der Waals surface area contributed by atoms with Crippen LogP contribution in [0.4, 0.5) is 0 Å². The molecule has 2 unspecified atom stereocenters. The summed E-state index contributed by atoms with van der Waals surface area (Å²) < 4.78 is 25.3. The van der Waals surface area contributed by atoms with Crippen molar-refractivity contribution in [3.63, 3.8) is 0 Å². The van der Waals surface area contributed by atoms with Gasteiger partial charge in [0.15, 0.2) is 0 Å². The first-order valence-corrected chi connectivity index (χ1v) is 25.9. The van der Waals surface area contributed by atoms with Crippen molar-refractivity contribution in [3.8, 4) is 11.5 Å². The van der Waals surface area contributed by atoms with Crippen LogP contribution in [0.3, 0.4) is 0 Å². The van der Waals surface area contributed by atoms with Gasteiger partial charge < -0.3 is 18.9 Å². The Kier molecular flexibility index (Phi) is 21.0. The SMILES string of the molecule is CCCCCC(C)(C)c1cc(Cc2cc(C(C)(C)CCCCC)c(OCCCCC3CO3)c(C(C)(C)CCCCC)c2)cc(C(C)(C)CCCCC)c1OCCCCC1CO1. The second-order valence-electron chi connectivity index (χ2n) is 22.2. The monoisotopic (exact) mass is 845 g/mol. The molecule has 2 saturated heterocycles. The Morgan fingerprint density at radius 1 is 0.426 bits per heavy atom. The van der Waals surface area contributed by atoms with Crippen LogP contribution in [0.5, 0.6) is 11.5 Å². The topological polar surface area (TPSA) is 43.5 Å². The molecular weight excluding hydrogens is 749 g/mol. The van der Waals surface area contributed by atoms with Gasteiger partial charge in [-0.15, -0.1) is 0 Å². The molecule has 2 aliphatic rings. The fourth-order valence-electron chi connectivity index (χ4n) is 9.71. The third kappa shape index (κ3) is 16.8. The first-order valence-electron chi connectivity index (χ1n) is 25.9. The first-order chi connectivity index (χ1) is 29.1. The Hall–Kier alpha value is -2.04. The van der Waals surface area contributed by atoms with Crippen molar-refractivity contribution in [2.45, 2.75) is 265 Å². The summed E-state index contributed by atoms with van der Waals surface area (Å²) >= 11 is 0. The maximum atomic E-state index is 7.10. The van der Waals surface area contributed by atoms with Crippen molar-refractivity contribution < 1.29 is 18.9 Å². The van der Waals surface area contributed by atoms with E-state index in [1.165, 1.54) is 148 Å². The highest BCUT2D eigenvalue weighted by atomic mass is 16.6. The predicted molar refractivity (Wildman–Crippen MR) is 263 cm³/mol. The number of epoxide rings is 2. The van der Waals surface area contributed by atoms with Gasteiger partial charge in [-0.1, -0.05) is 184 Å². The molecule has 0 saturated carbocycles. The molecule has 4 nitrogen and oxygen atoms in total. The zero-order valence-electron chi connectivity index (χ0n) is 42.2. The van der Waals surface area contributed by atoms with Crippen LogP contribution in [0, 0.1) is 0 Å². The van der Waals surface area contributed by atoms with E-state index in [9.17, 15) is 0 Å². The molecule has 0 N–H and O–H groups in total. The number of rotatable bonds is 34. The van der Waals surface area contributed by atoms with E-state index in [4.69, 9.17) is 18.9 Å². The van der Waals surface area contributed by atoms with Crippen molar-refractivity contribution in [1.29, 1.82) is 0 Å². The van der Waals surface area contributed by atoms with Gasteiger partial charge in [0.2, 0.25) is 0 Å². The number of hydrogen-bond donors (Lipinski definition) is 0. The van der Waals surface area contributed by atoms with Gasteiger partial charge in [-0.05, 0) is 103 Å². The van der Waals surface area contributed by atoms with Crippen LogP contribution in [0.2, 0.25) is 0 Å². The summed E-state index contributed by atoms with van der Waals surface area (Å²) in [6.07, 6.45) is 28.4. The number of unbranched alkanes of at least 4 members (excludes halogenated alkanes) is 10. The van der Waals surface area contributed by atoms with E-state index in [-0.39, 0.29) is 21.7 Å². The lowest BCUT2D eigenvalue weighted by atomic mass is 9.71. The predicted octanol–water partition coefficient (Wildman–Crippen LogP) is 16.6. The van der Waals surface area contributed by atoms with Crippen LogP contribution in [0.15, 0.2) is 24.3 Å². The van der Waals surface area contributed by atoms with E-state index in [2.05, 4.69) is 107 Å². The molecule has 2 aliphatic heterocycles. The van der Waals surface area contributed by atoms with Crippen LogP contribution in [-0.4, -0.2) is 38.6 Å². The normalized spacial score (nSPS) is 16.9. The zero-order valence-corrected chi connectivity index (χ0v) is 42.2. The van der Waals surface area contributed by atoms with Gasteiger partial charge in [0.05, 0.1) is 38.6 Å². The molecular formula is C57H96O4. The van der Waals surface area contributed by atoms with Gasteiger partial charge in [-0.3, -0.25) is 0 Å². The third-order valence-electron chi connectivity index (χ3n) is 14.4. The summed E-state index contributed by atoms with van der Waals surface area (Å²) in [5.74, 6) is 2.36. The molecule has 0 spiro atoms. The molecule has 2 fully saturated rings. The molecule has 0 amide bonds. The lowest BCUT2D eigenvalue weighted by Gasteiger charge is -2.35. The molecule has 2 heterocycles. The largest absolute Gasteiger partial charge is 0.493 e. The minimum Gasteiger partial charge on any atom is -0.493 e. The van der Waals surface area contributed by atoms with E-state index >= 15 is 0 Å². The lowest BCUT2D eigenvalue weighted by Crippen LogP contribution is -2.25. The van der Waals surface area contributed by atoms with Crippen LogP contribution >= 0.6 is 0 Å². The van der Waals surface area contributed by atoms with Crippen molar-refractivity contribution in [2.24, 2.45) is 0 Å². The lowest BCUT2D eigenvalue weighted by molar-refractivity contribution is 0.278. The Labute approximate surface area is 377 Å². The Balaban J connectivity index is 1.87. The minimum absolute atomic E-state index is 0.00119. The molecule has 61 heavy (non-hydrogen) atoms. The molecule has 0 aliphatic carbocycles. The molecule has 0 bridgehead atoms. The second-order valence-corrected chi connectivity index (χ2v) is 22.2. The third-order valence-corrected chi connectivity index (χ3v) is 14.4. The summed E-state index contributed by atoms with van der Waals surface area (Å²) in [5, 5.41) is 0. The second kappa shape index (κ2) is 24.9. The van der Waals surface area contributed by atoms with E-state index in [1.54, 1.807) is 0 Å². The van der Waals surface area contributed by atoms with Crippen LogP contribution in [0.1, 0.15) is 258 Å². The van der Waals surface area contributed by atoms with E-state index in [1.807, 2.05) is 0 Å². The molecule has 2 atom stereocenters. The van der Waals surface area contributed by atoms with Crippen molar-refractivity contribution in [2.75, 3.05) is 26.4 Å². The van der Waals surface area contributed by atoms with Crippen LogP contribution in [0.25, 0.3) is 0 Å². The standard InChI is InChI=1S/C57H96O4/c1-13-17-23-31-54(5,6)48-38-44(39-49(55(7,8)32-24-18-14-2)52(48)58-35-27-21-29-46-42-60-46)37-45-40-50(56(9,10)33-25-19-15-3)53(59-36-28-22-30-47-43-61-47)51(41-45)57(11,12)34-26-20-16-4/h38-41,46-47H,13-37,42-43H2,1-12H3. The maximum absolute atomic E-state index is 7.10. The smallest absolute Gasteiger partial charge is 0.126 e. The molecule has 2 aromatic carbocycles. The maximum Gasteiger partial charge on any atom is 0.126 e. The van der Waals surface area contributed by atoms with Gasteiger partial charge in [-0.25, -0.2) is 0 Å². The first kappa shape index (κ1) is 51.6. The summed E-state index contributed by atoms with van der Waals surface area (Å²) in [6, 6.07) is 10.3. The molecule has 348 valence electrons. The molecule has 0 aromatic heterocycles. The number of benzene rings is 2. The van der Waals surface area contributed by atoms with Gasteiger partial charge in [-0.2, -0.15) is 0 Å². The zero-order chi connectivity index (χ0) is 44.5. The van der Waals surface area contributed by atoms with Gasteiger partial charge in [0, 0.05) is 22.3 Å². The minimum atomic E-state index is -0.00119. The van der Waals surface area contributed by atoms with E-state index in [0.29, 0.717) is 12.2 Å². The van der Waals surface area contributed by atoms with Crippen LogP contribution < -0.4 is 9.47 Å². The summed E-state index contributed by atoms with van der Waals surface area (Å²) in [6.45, 7) is 32.6. The quantitative estimate of drug-likeness (QED) is 0.0520. The fraction of sp³-hybridized carbons (Fsp3) is 0.789. The average Bonchev–Trinajstić information content (AvgIpc) is 4.15. The summed E-state index contributed by atoms with van der Waals surface area (Å²) in [5.41, 5.74) is 8.52. The molecule has 4 heteroatoms. The Bertz CT molecular complexity index is 1360. The van der Waals surface area contributed by atoms with E-state index in [0.717, 1.165) is 71.4 Å². The highest BCUT2D eigenvalue weighted by Gasteiger charge is 2.35. The van der Waals surface area contributed by atoms with Gasteiger partial charge in [0.1, 0.15) is 11.5 Å². The molecule has 0 radical (unpaired) electrons. The Morgan fingerprint density at radius 2 is 0.705 bits per heavy atom. The van der Waals surface area contributed by atoms with Gasteiger partial charge in [0.25, 0.3) is 0 Å². The van der Waals surface area contributed by atoms with Gasteiger partial charge >= 0.3 is 0 Å². The molecule has 4 rings (SSSR count). The van der Waals surface area contributed by atoms with Crippen LogP contribution in [-0.2, 0) is 37.6 Å². The Morgan fingerprint density at radius 3 is 0.951 bits per heavy atom. The summed E-state index contributed by atoms with van der Waals surface area (Å²) in [4.78, 5) is 0. The fourth-order valence-corrected chi connectivity index (χ4v) is 9.71. The van der Waals surface area contributed by atoms with Crippen molar-refractivity contribution >= 4 is 0 Å². The number of hydrogen-bond acceptors (Lipinski definition) is 4. The van der Waals surface area contributed by atoms with E-state index < -0.39 is 0 Å². The molecule has 2 aromatic rings. The number of ether oxygens (including phenoxy) is 4. The summed E-state index contributed by atoms with van der Waals surface area (Å²) in [7, 11) is 0. The van der Waals surface area contributed by atoms with Crippen molar-refractivity contribution in [3.05, 3.63) is 57.6 Å².